The molecule has 1 aliphatic rings. The second kappa shape index (κ2) is 7.67. The third-order valence-electron chi connectivity index (χ3n) is 6.31. The van der Waals surface area contributed by atoms with Gasteiger partial charge in [0.1, 0.15) is 17.2 Å². The molecule has 0 aliphatic carbocycles. The van der Waals surface area contributed by atoms with Crippen molar-refractivity contribution in [3.8, 4) is 16.8 Å². The van der Waals surface area contributed by atoms with Gasteiger partial charge in [-0.05, 0) is 54.4 Å². The zero-order valence-corrected chi connectivity index (χ0v) is 17.4. The molecule has 7 nitrogen and oxygen atoms in total. The number of carbonyl (C=O) groups excluding carboxylic acids is 1. The Kier molecular flexibility index (Phi) is 4.82. The van der Waals surface area contributed by atoms with Crippen LogP contribution >= 0.6 is 0 Å². The molecule has 5 rings (SSSR count). The predicted octanol–water partition coefficient (Wildman–Crippen LogP) is 3.48. The topological polar surface area (TPSA) is 92.9 Å². The zero-order chi connectivity index (χ0) is 21.4. The van der Waals surface area contributed by atoms with Gasteiger partial charge < -0.3 is 9.73 Å². The van der Waals surface area contributed by atoms with Gasteiger partial charge in [-0.15, -0.1) is 0 Å². The van der Waals surface area contributed by atoms with Crippen molar-refractivity contribution in [3.05, 3.63) is 71.1 Å². The second-order valence-electron chi connectivity index (χ2n) is 8.16. The van der Waals surface area contributed by atoms with Gasteiger partial charge in [0.2, 0.25) is 0 Å². The minimum Gasteiger partial charge on any atom is -0.464 e. The molecule has 0 amide bonds. The lowest BCUT2D eigenvalue weighted by Crippen LogP contribution is -2.36. The van der Waals surface area contributed by atoms with E-state index in [2.05, 4.69) is 21.6 Å². The Morgan fingerprint density at radius 2 is 1.97 bits per heavy atom. The van der Waals surface area contributed by atoms with E-state index < -0.39 is 5.41 Å². The summed E-state index contributed by atoms with van der Waals surface area (Å²) in [5.41, 5.74) is 2.90. The van der Waals surface area contributed by atoms with Crippen molar-refractivity contribution in [3.63, 3.8) is 0 Å². The number of nitrogens with one attached hydrogen (secondary N) is 2. The van der Waals surface area contributed by atoms with Crippen LogP contribution in [0.1, 0.15) is 25.6 Å². The summed E-state index contributed by atoms with van der Waals surface area (Å²) in [4.78, 5) is 25.3. The van der Waals surface area contributed by atoms with E-state index in [9.17, 15) is 9.59 Å². The van der Waals surface area contributed by atoms with Crippen LogP contribution in [0, 0.1) is 5.41 Å². The van der Waals surface area contributed by atoms with Crippen LogP contribution in [-0.2, 0) is 11.2 Å². The first-order chi connectivity index (χ1) is 15.1. The van der Waals surface area contributed by atoms with Crippen molar-refractivity contribution in [1.82, 2.24) is 20.1 Å². The third kappa shape index (κ3) is 3.41. The molecule has 1 aliphatic heterocycles. The van der Waals surface area contributed by atoms with Crippen molar-refractivity contribution in [2.75, 3.05) is 13.1 Å². The summed E-state index contributed by atoms with van der Waals surface area (Å²) < 4.78 is 6.99. The number of aromatic nitrogens is 3. The van der Waals surface area contributed by atoms with E-state index in [0.717, 1.165) is 40.7 Å². The van der Waals surface area contributed by atoms with Crippen molar-refractivity contribution >= 4 is 16.8 Å². The molecule has 3 heterocycles. The van der Waals surface area contributed by atoms with E-state index in [1.165, 1.54) is 0 Å². The van der Waals surface area contributed by atoms with Crippen LogP contribution in [0.15, 0.2) is 64.0 Å². The van der Waals surface area contributed by atoms with Gasteiger partial charge in [-0.3, -0.25) is 4.79 Å². The van der Waals surface area contributed by atoms with E-state index in [1.54, 1.807) is 10.8 Å². The molecule has 1 atom stereocenters. The summed E-state index contributed by atoms with van der Waals surface area (Å²) in [6.07, 6.45) is 3.35. The number of Topliss-reactive ketones (excluding diaryl/α,β-unsaturated/α-hetero) is 1. The third-order valence-corrected chi connectivity index (χ3v) is 6.31. The first-order valence-electron chi connectivity index (χ1n) is 10.6. The number of hydrogen-bond donors (Lipinski definition) is 2. The summed E-state index contributed by atoms with van der Waals surface area (Å²) >= 11 is 0. The standard InChI is InChI=1S/C24H24N4O3/c1-2-21(29)24(10-11-25-15-24)14-22-26-27-23(30)28(22)19-6-3-16(4-7-19)17-5-8-20-18(13-17)9-12-31-20/h3-9,12-13,25H,2,10-11,14-15H2,1H3,(H,27,30)/t24-/m0/s1. The quantitative estimate of drug-likeness (QED) is 0.502. The maximum atomic E-state index is 12.7. The van der Waals surface area contributed by atoms with Crippen molar-refractivity contribution in [2.45, 2.75) is 26.2 Å². The summed E-state index contributed by atoms with van der Waals surface area (Å²) in [5, 5.41) is 11.2. The van der Waals surface area contributed by atoms with E-state index in [4.69, 9.17) is 4.42 Å². The maximum Gasteiger partial charge on any atom is 0.347 e. The molecule has 158 valence electrons. The molecule has 2 aromatic heterocycles. The molecular weight excluding hydrogens is 392 g/mol. The van der Waals surface area contributed by atoms with Crippen molar-refractivity contribution < 1.29 is 9.21 Å². The summed E-state index contributed by atoms with van der Waals surface area (Å²) in [6, 6.07) is 15.8. The molecular formula is C24H24N4O3. The molecule has 31 heavy (non-hydrogen) atoms. The fraction of sp³-hybridized carbons (Fsp3) is 0.292. The van der Waals surface area contributed by atoms with E-state index in [-0.39, 0.29) is 11.5 Å². The fourth-order valence-corrected chi connectivity index (χ4v) is 4.57. The van der Waals surface area contributed by atoms with Gasteiger partial charge in [-0.2, -0.15) is 5.10 Å². The predicted molar refractivity (Wildman–Crippen MR) is 118 cm³/mol. The normalized spacial score (nSPS) is 18.6. The molecule has 0 radical (unpaired) electrons. The Labute approximate surface area is 179 Å². The number of rotatable bonds is 6. The SMILES string of the molecule is CCC(=O)[C@]1(Cc2n[nH]c(=O)n2-c2ccc(-c3ccc4occc4c3)cc2)CCNC1. The minimum atomic E-state index is -0.502. The van der Waals surface area contributed by atoms with Crippen LogP contribution in [0.3, 0.4) is 0 Å². The van der Waals surface area contributed by atoms with Crippen LogP contribution in [0.2, 0.25) is 0 Å². The monoisotopic (exact) mass is 416 g/mol. The minimum absolute atomic E-state index is 0.212. The molecule has 0 unspecified atom stereocenters. The number of ketones is 1. The Bertz CT molecular complexity index is 1290. The summed E-state index contributed by atoms with van der Waals surface area (Å²) in [6.45, 7) is 3.31. The Morgan fingerprint density at radius 3 is 2.71 bits per heavy atom. The van der Waals surface area contributed by atoms with Gasteiger partial charge in [-0.1, -0.05) is 25.1 Å². The summed E-state index contributed by atoms with van der Waals surface area (Å²) in [7, 11) is 0. The molecule has 0 bridgehead atoms. The Balaban J connectivity index is 1.47. The number of H-pyrrole nitrogens is 1. The van der Waals surface area contributed by atoms with E-state index in [1.807, 2.05) is 49.4 Å². The van der Waals surface area contributed by atoms with Gasteiger partial charge in [0.05, 0.1) is 12.0 Å². The number of furan rings is 1. The van der Waals surface area contributed by atoms with Crippen molar-refractivity contribution in [1.29, 1.82) is 0 Å². The lowest BCUT2D eigenvalue weighted by Gasteiger charge is -2.25. The number of hydrogen-bond acceptors (Lipinski definition) is 5. The highest BCUT2D eigenvalue weighted by molar-refractivity contribution is 5.85. The van der Waals surface area contributed by atoms with Gasteiger partial charge >= 0.3 is 5.69 Å². The molecule has 0 spiro atoms. The molecule has 2 N–H and O–H groups in total. The number of carbonyl (C=O) groups is 1. The Morgan fingerprint density at radius 1 is 1.16 bits per heavy atom. The highest BCUT2D eigenvalue weighted by Crippen LogP contribution is 2.32. The highest BCUT2D eigenvalue weighted by atomic mass is 16.3. The molecule has 2 aromatic carbocycles. The van der Waals surface area contributed by atoms with Gasteiger partial charge in [0, 0.05) is 30.2 Å². The van der Waals surface area contributed by atoms with E-state index >= 15 is 0 Å². The number of aromatic amines is 1. The molecule has 1 saturated heterocycles. The first kappa shape index (κ1) is 19.5. The van der Waals surface area contributed by atoms with Gasteiger partial charge in [-0.25, -0.2) is 14.5 Å². The van der Waals surface area contributed by atoms with Crippen LogP contribution in [0.4, 0.5) is 0 Å². The largest absolute Gasteiger partial charge is 0.464 e. The van der Waals surface area contributed by atoms with Crippen molar-refractivity contribution in [2.24, 2.45) is 5.41 Å². The number of nitrogens with zero attached hydrogens (tertiary/aromatic N) is 2. The average Bonchev–Trinajstić information content (AvgIpc) is 3.54. The average molecular weight is 416 g/mol. The second-order valence-corrected chi connectivity index (χ2v) is 8.16. The van der Waals surface area contributed by atoms with Crippen LogP contribution < -0.4 is 11.0 Å². The molecule has 4 aromatic rings. The highest BCUT2D eigenvalue weighted by Gasteiger charge is 2.41. The molecule has 7 heteroatoms. The fourth-order valence-electron chi connectivity index (χ4n) is 4.57. The maximum absolute atomic E-state index is 12.7. The number of benzene rings is 2. The lowest BCUT2D eigenvalue weighted by molar-refractivity contribution is -0.127. The smallest absolute Gasteiger partial charge is 0.347 e. The zero-order valence-electron chi connectivity index (χ0n) is 17.4. The van der Waals surface area contributed by atoms with Gasteiger partial charge in [0.25, 0.3) is 0 Å². The van der Waals surface area contributed by atoms with Crippen LogP contribution in [0.5, 0.6) is 0 Å². The molecule has 0 saturated carbocycles. The molecule has 1 fully saturated rings. The summed E-state index contributed by atoms with van der Waals surface area (Å²) in [5.74, 6) is 0.799. The lowest BCUT2D eigenvalue weighted by atomic mass is 9.78. The number of fused-ring (bicyclic) bond motifs is 1. The van der Waals surface area contributed by atoms with Crippen LogP contribution in [-0.4, -0.2) is 33.6 Å². The van der Waals surface area contributed by atoms with Crippen LogP contribution in [0.25, 0.3) is 27.8 Å². The first-order valence-corrected chi connectivity index (χ1v) is 10.6. The Hall–Kier alpha value is -3.45. The van der Waals surface area contributed by atoms with E-state index in [0.29, 0.717) is 25.2 Å². The van der Waals surface area contributed by atoms with Gasteiger partial charge in [0.15, 0.2) is 0 Å².